The maximum atomic E-state index is 11.6. The van der Waals surface area contributed by atoms with Crippen LogP contribution in [0.3, 0.4) is 0 Å². The Balaban J connectivity index is 1.24. The largest absolute Gasteiger partial charge is 0.416 e. The number of hydrogen-bond donors (Lipinski definition) is 0. The van der Waals surface area contributed by atoms with Gasteiger partial charge in [0.1, 0.15) is 0 Å². The van der Waals surface area contributed by atoms with E-state index in [4.69, 9.17) is 9.15 Å². The predicted octanol–water partition coefficient (Wildman–Crippen LogP) is 2.04. The predicted molar refractivity (Wildman–Crippen MR) is 107 cm³/mol. The van der Waals surface area contributed by atoms with E-state index in [0.717, 1.165) is 32.0 Å². The number of nitrogens with zero attached hydrogens (tertiary/aromatic N) is 3. The highest BCUT2D eigenvalue weighted by molar-refractivity contribution is 7.99. The fraction of sp³-hybridized carbons (Fsp3) is 0.579. The average Bonchev–Trinajstić information content (AvgIpc) is 3.27. The lowest BCUT2D eigenvalue weighted by molar-refractivity contribution is -0.0188. The average molecular weight is 424 g/mol. The highest BCUT2D eigenvalue weighted by Gasteiger charge is 2.29. The first-order valence-electron chi connectivity index (χ1n) is 9.59. The van der Waals surface area contributed by atoms with Crippen LogP contribution in [0.5, 0.6) is 0 Å². The van der Waals surface area contributed by atoms with Gasteiger partial charge in [0, 0.05) is 31.8 Å². The quantitative estimate of drug-likeness (QED) is 0.626. The minimum atomic E-state index is -2.88. The molecule has 0 unspecified atom stereocenters. The van der Waals surface area contributed by atoms with Gasteiger partial charge in [-0.15, -0.1) is 10.2 Å². The summed E-state index contributed by atoms with van der Waals surface area (Å²) in [5.41, 5.74) is 1.31. The number of sulfone groups is 1. The van der Waals surface area contributed by atoms with Crippen LogP contribution in [-0.4, -0.2) is 66.6 Å². The zero-order valence-corrected chi connectivity index (χ0v) is 17.3. The first-order valence-corrected chi connectivity index (χ1v) is 12.4. The Labute approximate surface area is 169 Å². The number of benzene rings is 1. The molecule has 0 saturated carbocycles. The molecule has 0 radical (unpaired) electrons. The second-order valence-corrected chi connectivity index (χ2v) is 10.7. The summed E-state index contributed by atoms with van der Waals surface area (Å²) in [5, 5.41) is 8.70. The number of ether oxygens (including phenoxy) is 1. The molecule has 2 atom stereocenters. The van der Waals surface area contributed by atoms with Crippen molar-refractivity contribution in [1.29, 1.82) is 0 Å². The van der Waals surface area contributed by atoms with Gasteiger partial charge in [0.05, 0.1) is 24.2 Å². The van der Waals surface area contributed by atoms with Crippen LogP contribution in [0.2, 0.25) is 0 Å². The molecular weight excluding hydrogens is 398 g/mol. The van der Waals surface area contributed by atoms with Crippen LogP contribution >= 0.6 is 11.8 Å². The van der Waals surface area contributed by atoms with E-state index >= 15 is 0 Å². The molecule has 2 saturated heterocycles. The fourth-order valence-electron chi connectivity index (χ4n) is 3.69. The van der Waals surface area contributed by atoms with E-state index in [9.17, 15) is 8.42 Å². The Morgan fingerprint density at radius 2 is 2.07 bits per heavy atom. The smallest absolute Gasteiger partial charge is 0.276 e. The molecule has 2 aliphatic heterocycles. The summed E-state index contributed by atoms with van der Waals surface area (Å²) in [6.45, 7) is 3.47. The van der Waals surface area contributed by atoms with Gasteiger partial charge in [0.25, 0.3) is 5.22 Å². The standard InChI is InChI=1S/C19H25N3O4S2/c23-28(24)9-6-16(14-28)10-18-20-21-19(26-18)27-13-17-12-22(7-8-25-17)11-15-4-2-1-3-5-15/h1-5,16-17H,6-14H2/t16-,17+/m0/s1. The molecule has 9 heteroatoms. The first-order chi connectivity index (χ1) is 13.6. The normalized spacial score (nSPS) is 25.1. The van der Waals surface area contributed by atoms with Crippen LogP contribution in [0.15, 0.2) is 40.0 Å². The van der Waals surface area contributed by atoms with E-state index in [1.165, 1.54) is 17.3 Å². The number of aromatic nitrogens is 2. The van der Waals surface area contributed by atoms with Crippen molar-refractivity contribution >= 4 is 21.6 Å². The SMILES string of the molecule is O=S1(=O)CC[C@@H](Cc2nnc(SC[C@H]3CN(Cc4ccccc4)CCO3)o2)C1. The van der Waals surface area contributed by atoms with E-state index in [0.29, 0.717) is 24.0 Å². The zero-order chi connectivity index (χ0) is 19.4. The first kappa shape index (κ1) is 19.9. The van der Waals surface area contributed by atoms with Gasteiger partial charge in [-0.3, -0.25) is 4.90 Å². The highest BCUT2D eigenvalue weighted by atomic mass is 32.2. The van der Waals surface area contributed by atoms with Gasteiger partial charge < -0.3 is 9.15 Å². The maximum absolute atomic E-state index is 11.6. The molecule has 0 bridgehead atoms. The number of morpholine rings is 1. The lowest BCUT2D eigenvalue weighted by Gasteiger charge is -2.32. The second kappa shape index (κ2) is 8.94. The van der Waals surface area contributed by atoms with Crippen LogP contribution in [0, 0.1) is 5.92 Å². The summed E-state index contributed by atoms with van der Waals surface area (Å²) in [7, 11) is -2.88. The molecule has 2 aromatic rings. The van der Waals surface area contributed by atoms with Gasteiger partial charge in [-0.25, -0.2) is 8.42 Å². The summed E-state index contributed by atoms with van der Waals surface area (Å²) >= 11 is 1.50. The Morgan fingerprint density at radius 3 is 2.86 bits per heavy atom. The van der Waals surface area contributed by atoms with Crippen LogP contribution < -0.4 is 0 Å². The van der Waals surface area contributed by atoms with Crippen molar-refractivity contribution < 1.29 is 17.6 Å². The molecule has 0 N–H and O–H groups in total. The molecule has 28 heavy (non-hydrogen) atoms. The molecule has 152 valence electrons. The van der Waals surface area contributed by atoms with Crippen molar-refractivity contribution in [2.45, 2.75) is 30.7 Å². The molecule has 7 nitrogen and oxygen atoms in total. The topological polar surface area (TPSA) is 85.5 Å². The lowest BCUT2D eigenvalue weighted by Crippen LogP contribution is -2.43. The van der Waals surface area contributed by atoms with Gasteiger partial charge in [0.2, 0.25) is 5.89 Å². The van der Waals surface area contributed by atoms with Crippen LogP contribution in [0.1, 0.15) is 17.9 Å². The maximum Gasteiger partial charge on any atom is 0.276 e. The van der Waals surface area contributed by atoms with Crippen molar-refractivity contribution in [3.63, 3.8) is 0 Å². The van der Waals surface area contributed by atoms with Crippen LogP contribution in [0.4, 0.5) is 0 Å². The monoisotopic (exact) mass is 423 g/mol. The van der Waals surface area contributed by atoms with Gasteiger partial charge in [0.15, 0.2) is 9.84 Å². The Bertz CT molecular complexity index is 872. The third-order valence-corrected chi connectivity index (χ3v) is 7.89. The van der Waals surface area contributed by atoms with E-state index in [2.05, 4.69) is 39.4 Å². The fourth-order valence-corrected chi connectivity index (χ4v) is 6.34. The van der Waals surface area contributed by atoms with Gasteiger partial charge >= 0.3 is 0 Å². The molecule has 2 aliphatic rings. The van der Waals surface area contributed by atoms with Gasteiger partial charge in [-0.05, 0) is 17.9 Å². The summed E-state index contributed by atoms with van der Waals surface area (Å²) in [6.07, 6.45) is 1.34. The van der Waals surface area contributed by atoms with E-state index in [1.807, 2.05) is 6.07 Å². The third kappa shape index (κ3) is 5.56. The van der Waals surface area contributed by atoms with Crippen molar-refractivity contribution in [2.24, 2.45) is 5.92 Å². The van der Waals surface area contributed by atoms with Crippen LogP contribution in [0.25, 0.3) is 0 Å². The third-order valence-electron chi connectivity index (χ3n) is 5.10. The van der Waals surface area contributed by atoms with Gasteiger partial charge in [-0.2, -0.15) is 0 Å². The Hall–Kier alpha value is -1.42. The molecule has 1 aromatic carbocycles. The minimum Gasteiger partial charge on any atom is -0.416 e. The lowest BCUT2D eigenvalue weighted by atomic mass is 10.1. The summed E-state index contributed by atoms with van der Waals surface area (Å²) in [4.78, 5) is 2.41. The molecule has 0 spiro atoms. The summed E-state index contributed by atoms with van der Waals surface area (Å²) < 4.78 is 34.7. The molecule has 4 rings (SSSR count). The van der Waals surface area contributed by atoms with Crippen LogP contribution in [-0.2, 0) is 27.5 Å². The van der Waals surface area contributed by atoms with Crippen molar-refractivity contribution in [3.05, 3.63) is 41.8 Å². The molecule has 0 amide bonds. The number of hydrogen-bond acceptors (Lipinski definition) is 8. The molecule has 3 heterocycles. The highest BCUT2D eigenvalue weighted by Crippen LogP contribution is 2.25. The zero-order valence-electron chi connectivity index (χ0n) is 15.7. The van der Waals surface area contributed by atoms with E-state index in [-0.39, 0.29) is 23.5 Å². The van der Waals surface area contributed by atoms with Crippen molar-refractivity contribution in [2.75, 3.05) is 37.0 Å². The molecule has 2 fully saturated rings. The van der Waals surface area contributed by atoms with Crippen molar-refractivity contribution in [3.8, 4) is 0 Å². The minimum absolute atomic E-state index is 0.0940. The molecule has 1 aromatic heterocycles. The second-order valence-electron chi connectivity index (χ2n) is 7.46. The Kier molecular flexibility index (Phi) is 6.35. The van der Waals surface area contributed by atoms with Crippen molar-refractivity contribution in [1.82, 2.24) is 15.1 Å². The van der Waals surface area contributed by atoms with E-state index in [1.54, 1.807) is 0 Å². The molecular formula is C19H25N3O4S2. The molecule has 0 aliphatic carbocycles. The summed E-state index contributed by atoms with van der Waals surface area (Å²) in [5.74, 6) is 1.87. The van der Waals surface area contributed by atoms with Gasteiger partial charge in [-0.1, -0.05) is 42.1 Å². The van der Waals surface area contributed by atoms with E-state index < -0.39 is 9.84 Å². The number of rotatable bonds is 7. The number of thioether (sulfide) groups is 1. The Morgan fingerprint density at radius 1 is 1.21 bits per heavy atom. The summed E-state index contributed by atoms with van der Waals surface area (Å²) in [6, 6.07) is 10.5.